The van der Waals surface area contributed by atoms with E-state index in [9.17, 15) is 14.7 Å². The van der Waals surface area contributed by atoms with E-state index in [0.717, 1.165) is 30.4 Å². The summed E-state index contributed by atoms with van der Waals surface area (Å²) < 4.78 is 5.27. The van der Waals surface area contributed by atoms with Gasteiger partial charge in [0.1, 0.15) is 5.75 Å². The molecule has 1 aromatic carbocycles. The van der Waals surface area contributed by atoms with Crippen molar-refractivity contribution < 1.29 is 19.4 Å². The fourth-order valence-corrected chi connectivity index (χ4v) is 3.59. The van der Waals surface area contributed by atoms with Gasteiger partial charge in [0.05, 0.1) is 18.1 Å². The molecule has 1 N–H and O–H groups in total. The lowest BCUT2D eigenvalue weighted by atomic mass is 9.69. The predicted molar refractivity (Wildman–Crippen MR) is 84.6 cm³/mol. The maximum absolute atomic E-state index is 11.9. The molecule has 4 heteroatoms. The molecule has 0 radical (unpaired) electrons. The molecule has 0 spiro atoms. The summed E-state index contributed by atoms with van der Waals surface area (Å²) in [5.41, 5.74) is 1.66. The van der Waals surface area contributed by atoms with Gasteiger partial charge in [-0.25, -0.2) is 0 Å². The Morgan fingerprint density at radius 1 is 1.23 bits per heavy atom. The van der Waals surface area contributed by atoms with E-state index in [1.54, 1.807) is 13.2 Å². The third-order valence-electron chi connectivity index (χ3n) is 4.90. The van der Waals surface area contributed by atoms with Gasteiger partial charge in [0.15, 0.2) is 5.78 Å². The quantitative estimate of drug-likeness (QED) is 0.841. The van der Waals surface area contributed by atoms with Crippen molar-refractivity contribution in [3.8, 4) is 5.75 Å². The number of carbonyl (C=O) groups is 2. The van der Waals surface area contributed by atoms with E-state index in [2.05, 4.69) is 0 Å². The largest absolute Gasteiger partial charge is 0.496 e. The van der Waals surface area contributed by atoms with Gasteiger partial charge in [0, 0.05) is 0 Å². The highest BCUT2D eigenvalue weighted by molar-refractivity contribution is 5.98. The van der Waals surface area contributed by atoms with E-state index >= 15 is 0 Å². The highest BCUT2D eigenvalue weighted by atomic mass is 16.5. The summed E-state index contributed by atoms with van der Waals surface area (Å²) in [6.07, 6.45) is 4.93. The third-order valence-corrected chi connectivity index (χ3v) is 4.90. The van der Waals surface area contributed by atoms with Crippen molar-refractivity contribution in [1.29, 1.82) is 0 Å². The Kier molecular flexibility index (Phi) is 4.89. The summed E-state index contributed by atoms with van der Waals surface area (Å²) >= 11 is 0. The minimum atomic E-state index is -0.716. The van der Waals surface area contributed by atoms with Crippen LogP contribution < -0.4 is 4.74 Å². The molecule has 1 fully saturated rings. The Morgan fingerprint density at radius 2 is 1.86 bits per heavy atom. The van der Waals surface area contributed by atoms with Crippen molar-refractivity contribution in [2.75, 3.05) is 7.11 Å². The first-order chi connectivity index (χ1) is 10.4. The summed E-state index contributed by atoms with van der Waals surface area (Å²) in [6, 6.07) is 3.68. The molecule has 120 valence electrons. The van der Waals surface area contributed by atoms with Crippen LogP contribution in [0.5, 0.6) is 5.75 Å². The predicted octanol–water partition coefficient (Wildman–Crippen LogP) is 3.78. The molecule has 0 bridgehead atoms. The molecule has 2 rings (SSSR count). The molecule has 0 atom stereocenters. The Balaban J connectivity index is 2.42. The lowest BCUT2D eigenvalue weighted by Crippen LogP contribution is -2.35. The molecule has 0 aliphatic heterocycles. The van der Waals surface area contributed by atoms with Gasteiger partial charge < -0.3 is 9.84 Å². The van der Waals surface area contributed by atoms with Crippen molar-refractivity contribution >= 4 is 11.8 Å². The fraction of sp³-hybridized carbons (Fsp3) is 0.556. The molecule has 0 aromatic heterocycles. The van der Waals surface area contributed by atoms with Crippen LogP contribution in [0, 0.1) is 12.3 Å². The summed E-state index contributed by atoms with van der Waals surface area (Å²) in [4.78, 5) is 23.8. The number of ketones is 1. The van der Waals surface area contributed by atoms with E-state index in [1.165, 1.54) is 6.92 Å². The molecule has 0 heterocycles. The summed E-state index contributed by atoms with van der Waals surface area (Å²) in [5.74, 6) is -0.210. The smallest absolute Gasteiger partial charge is 0.309 e. The average Bonchev–Trinajstić information content (AvgIpc) is 2.49. The number of carboxylic acids is 1. The zero-order chi connectivity index (χ0) is 16.3. The van der Waals surface area contributed by atoms with Gasteiger partial charge in [-0.05, 0) is 50.3 Å². The van der Waals surface area contributed by atoms with Crippen LogP contribution in [-0.2, 0) is 11.2 Å². The standard InChI is InChI=1S/C18H24O4/c1-12-14(7-8-15(22-3)16(12)13(2)19)11-18(17(20)21)9-5-4-6-10-18/h7-8H,4-6,9-11H2,1-3H3,(H,20,21). The number of hydrogen-bond acceptors (Lipinski definition) is 3. The number of hydrogen-bond donors (Lipinski definition) is 1. The number of methoxy groups -OCH3 is 1. The molecule has 0 saturated heterocycles. The first-order valence-corrected chi connectivity index (χ1v) is 7.82. The second-order valence-electron chi connectivity index (χ2n) is 6.31. The Hall–Kier alpha value is -1.84. The van der Waals surface area contributed by atoms with Crippen molar-refractivity contribution in [1.82, 2.24) is 0 Å². The van der Waals surface area contributed by atoms with Crippen LogP contribution in [0.2, 0.25) is 0 Å². The number of carbonyl (C=O) groups excluding carboxylic acids is 1. The van der Waals surface area contributed by atoms with Gasteiger partial charge in [-0.1, -0.05) is 25.3 Å². The van der Waals surface area contributed by atoms with Gasteiger partial charge in [-0.3, -0.25) is 9.59 Å². The zero-order valence-electron chi connectivity index (χ0n) is 13.6. The minimum Gasteiger partial charge on any atom is -0.496 e. The van der Waals surface area contributed by atoms with E-state index in [4.69, 9.17) is 4.74 Å². The van der Waals surface area contributed by atoms with Crippen molar-refractivity contribution in [2.24, 2.45) is 5.41 Å². The topological polar surface area (TPSA) is 63.6 Å². The third kappa shape index (κ3) is 3.01. The van der Waals surface area contributed by atoms with E-state index < -0.39 is 11.4 Å². The first kappa shape index (κ1) is 16.5. The number of ether oxygens (including phenoxy) is 1. The van der Waals surface area contributed by atoms with E-state index in [1.807, 2.05) is 13.0 Å². The number of Topliss-reactive ketones (excluding diaryl/α,β-unsaturated/α-hetero) is 1. The highest BCUT2D eigenvalue weighted by Gasteiger charge is 2.40. The normalized spacial score (nSPS) is 17.0. The van der Waals surface area contributed by atoms with Crippen molar-refractivity contribution in [3.63, 3.8) is 0 Å². The fourth-order valence-electron chi connectivity index (χ4n) is 3.59. The Morgan fingerprint density at radius 3 is 2.36 bits per heavy atom. The van der Waals surface area contributed by atoms with Gasteiger partial charge in [-0.15, -0.1) is 0 Å². The molecule has 4 nitrogen and oxygen atoms in total. The van der Waals surface area contributed by atoms with Gasteiger partial charge >= 0.3 is 5.97 Å². The maximum Gasteiger partial charge on any atom is 0.309 e. The number of aliphatic carboxylic acids is 1. The molecule has 0 amide bonds. The second-order valence-corrected chi connectivity index (χ2v) is 6.31. The molecule has 22 heavy (non-hydrogen) atoms. The Labute approximate surface area is 131 Å². The minimum absolute atomic E-state index is 0.0516. The van der Waals surface area contributed by atoms with Crippen LogP contribution >= 0.6 is 0 Å². The van der Waals surface area contributed by atoms with Crippen LogP contribution in [-0.4, -0.2) is 24.0 Å². The van der Waals surface area contributed by atoms with E-state index in [0.29, 0.717) is 30.6 Å². The lowest BCUT2D eigenvalue weighted by Gasteiger charge is -2.34. The molecular formula is C18H24O4. The van der Waals surface area contributed by atoms with Gasteiger partial charge in [0.25, 0.3) is 0 Å². The summed E-state index contributed by atoms with van der Waals surface area (Å²) in [7, 11) is 1.54. The molecular weight excluding hydrogens is 280 g/mol. The van der Waals surface area contributed by atoms with Crippen molar-refractivity contribution in [3.05, 3.63) is 28.8 Å². The highest BCUT2D eigenvalue weighted by Crippen LogP contribution is 2.41. The average molecular weight is 304 g/mol. The SMILES string of the molecule is COc1ccc(CC2(C(=O)O)CCCCC2)c(C)c1C(C)=O. The molecule has 1 aliphatic rings. The van der Waals surface area contributed by atoms with Crippen molar-refractivity contribution in [2.45, 2.75) is 52.4 Å². The van der Waals surface area contributed by atoms with Crippen LogP contribution in [0.3, 0.4) is 0 Å². The van der Waals surface area contributed by atoms with Crippen LogP contribution in [0.4, 0.5) is 0 Å². The van der Waals surface area contributed by atoms with Crippen LogP contribution in [0.25, 0.3) is 0 Å². The monoisotopic (exact) mass is 304 g/mol. The van der Waals surface area contributed by atoms with Crippen LogP contribution in [0.1, 0.15) is 60.5 Å². The summed E-state index contributed by atoms with van der Waals surface area (Å²) in [6.45, 7) is 3.40. The first-order valence-electron chi connectivity index (χ1n) is 7.82. The Bertz CT molecular complexity index is 583. The number of benzene rings is 1. The number of rotatable bonds is 5. The molecule has 1 saturated carbocycles. The van der Waals surface area contributed by atoms with E-state index in [-0.39, 0.29) is 5.78 Å². The number of carboxylic acid groups (broad SMARTS) is 1. The summed E-state index contributed by atoms with van der Waals surface area (Å²) in [5, 5.41) is 9.73. The molecule has 1 aliphatic carbocycles. The van der Waals surface area contributed by atoms with Crippen LogP contribution in [0.15, 0.2) is 12.1 Å². The molecule has 0 unspecified atom stereocenters. The second kappa shape index (κ2) is 6.51. The van der Waals surface area contributed by atoms with Gasteiger partial charge in [0.2, 0.25) is 0 Å². The van der Waals surface area contributed by atoms with Gasteiger partial charge in [-0.2, -0.15) is 0 Å². The molecule has 1 aromatic rings. The zero-order valence-corrected chi connectivity index (χ0v) is 13.6. The maximum atomic E-state index is 11.9. The lowest BCUT2D eigenvalue weighted by molar-refractivity contribution is -0.151.